The minimum absolute atomic E-state index is 0.181. The van der Waals surface area contributed by atoms with E-state index in [4.69, 9.17) is 16.3 Å². The van der Waals surface area contributed by atoms with Crippen molar-refractivity contribution < 1.29 is 14.3 Å². The zero-order chi connectivity index (χ0) is 21.6. The van der Waals surface area contributed by atoms with Gasteiger partial charge in [-0.3, -0.25) is 9.59 Å². The third-order valence-corrected chi connectivity index (χ3v) is 4.53. The molecule has 2 amide bonds. The molecule has 0 aliphatic rings. The van der Waals surface area contributed by atoms with Crippen LogP contribution in [-0.2, 0) is 16.1 Å². The van der Waals surface area contributed by atoms with Crippen molar-refractivity contribution in [1.82, 2.24) is 10.2 Å². The molecule has 0 saturated carbocycles. The van der Waals surface area contributed by atoms with Crippen LogP contribution in [0, 0.1) is 6.92 Å². The van der Waals surface area contributed by atoms with Crippen LogP contribution in [0.1, 0.15) is 38.8 Å². The Morgan fingerprint density at radius 2 is 1.79 bits per heavy atom. The Bertz CT molecular complexity index is 844. The van der Waals surface area contributed by atoms with Gasteiger partial charge in [-0.05, 0) is 58.4 Å². The summed E-state index contributed by atoms with van der Waals surface area (Å²) in [4.78, 5) is 27.2. The number of nitrogens with one attached hydrogen (secondary N) is 1. The fourth-order valence-corrected chi connectivity index (χ4v) is 2.91. The highest BCUT2D eigenvalue weighted by atomic mass is 35.5. The Hall–Kier alpha value is -2.53. The summed E-state index contributed by atoms with van der Waals surface area (Å²) in [5.41, 5.74) is 1.69. The molecule has 2 aromatic rings. The number of nitrogens with zero attached hydrogens (tertiary/aromatic N) is 1. The van der Waals surface area contributed by atoms with Crippen molar-refractivity contribution >= 4 is 23.4 Å². The number of halogens is 1. The SMILES string of the molecule is Cc1ccc(CN(C(=O)COc2cccc(Cl)c2)C(C)C(=O)NC(C)(C)C)cc1. The Kier molecular flexibility index (Phi) is 7.68. The van der Waals surface area contributed by atoms with E-state index in [-0.39, 0.29) is 24.0 Å². The van der Waals surface area contributed by atoms with Gasteiger partial charge in [0.15, 0.2) is 6.61 Å². The number of ether oxygens (including phenoxy) is 1. The number of carbonyl (C=O) groups excluding carboxylic acids is 2. The van der Waals surface area contributed by atoms with Crippen molar-refractivity contribution in [3.8, 4) is 5.75 Å². The van der Waals surface area contributed by atoms with Crippen LogP contribution in [0.3, 0.4) is 0 Å². The molecule has 5 nitrogen and oxygen atoms in total. The number of amides is 2. The fourth-order valence-electron chi connectivity index (χ4n) is 2.73. The third-order valence-electron chi connectivity index (χ3n) is 4.30. The summed E-state index contributed by atoms with van der Waals surface area (Å²) in [6.07, 6.45) is 0. The minimum atomic E-state index is -0.647. The normalized spacial score (nSPS) is 12.2. The molecule has 1 N–H and O–H groups in total. The molecule has 0 spiro atoms. The van der Waals surface area contributed by atoms with E-state index in [1.165, 1.54) is 4.90 Å². The van der Waals surface area contributed by atoms with Crippen molar-refractivity contribution in [2.24, 2.45) is 0 Å². The summed E-state index contributed by atoms with van der Waals surface area (Å²) in [6, 6.07) is 14.1. The molecule has 0 radical (unpaired) electrons. The van der Waals surface area contributed by atoms with Gasteiger partial charge in [0.05, 0.1) is 0 Å². The van der Waals surface area contributed by atoms with Crippen molar-refractivity contribution in [2.45, 2.75) is 52.7 Å². The summed E-state index contributed by atoms with van der Waals surface area (Å²) in [5.74, 6) is 0.0239. The van der Waals surface area contributed by atoms with Gasteiger partial charge in [0.25, 0.3) is 5.91 Å². The molecular formula is C23H29ClN2O3. The summed E-state index contributed by atoms with van der Waals surface area (Å²) >= 11 is 5.97. The van der Waals surface area contributed by atoms with Gasteiger partial charge in [-0.15, -0.1) is 0 Å². The van der Waals surface area contributed by atoms with Gasteiger partial charge >= 0.3 is 0 Å². The van der Waals surface area contributed by atoms with Gasteiger partial charge in [-0.25, -0.2) is 0 Å². The zero-order valence-electron chi connectivity index (χ0n) is 17.7. The van der Waals surface area contributed by atoms with Gasteiger partial charge in [0.2, 0.25) is 5.91 Å². The van der Waals surface area contributed by atoms with Crippen molar-refractivity contribution in [3.63, 3.8) is 0 Å². The first kappa shape index (κ1) is 22.8. The maximum atomic E-state index is 13.0. The molecule has 1 atom stereocenters. The Morgan fingerprint density at radius 3 is 2.38 bits per heavy atom. The van der Waals surface area contributed by atoms with E-state index in [9.17, 15) is 9.59 Å². The van der Waals surface area contributed by atoms with Crippen LogP contribution in [0.2, 0.25) is 5.02 Å². The zero-order valence-corrected chi connectivity index (χ0v) is 18.4. The van der Waals surface area contributed by atoms with Crippen molar-refractivity contribution in [2.75, 3.05) is 6.61 Å². The number of benzene rings is 2. The molecule has 2 aromatic carbocycles. The molecular weight excluding hydrogens is 388 g/mol. The lowest BCUT2D eigenvalue weighted by molar-refractivity contribution is -0.142. The lowest BCUT2D eigenvalue weighted by Gasteiger charge is -2.31. The van der Waals surface area contributed by atoms with Crippen LogP contribution in [-0.4, -0.2) is 34.9 Å². The summed E-state index contributed by atoms with van der Waals surface area (Å²) in [6.45, 7) is 9.59. The Balaban J connectivity index is 2.16. The number of aryl methyl sites for hydroxylation is 1. The monoisotopic (exact) mass is 416 g/mol. The number of rotatable bonds is 7. The molecule has 0 heterocycles. The fraction of sp³-hybridized carbons (Fsp3) is 0.391. The van der Waals surface area contributed by atoms with Gasteiger partial charge in [0.1, 0.15) is 11.8 Å². The van der Waals surface area contributed by atoms with Crippen LogP contribution >= 0.6 is 11.6 Å². The lowest BCUT2D eigenvalue weighted by atomic mass is 10.1. The van der Waals surface area contributed by atoms with Crippen molar-refractivity contribution in [3.05, 3.63) is 64.7 Å². The molecule has 0 bridgehead atoms. The number of carbonyl (C=O) groups is 2. The second-order valence-corrected chi connectivity index (χ2v) is 8.60. The highest BCUT2D eigenvalue weighted by molar-refractivity contribution is 6.30. The minimum Gasteiger partial charge on any atom is -0.484 e. The van der Waals surface area contributed by atoms with Crippen LogP contribution in [0.15, 0.2) is 48.5 Å². The molecule has 0 aliphatic carbocycles. The average molecular weight is 417 g/mol. The van der Waals surface area contributed by atoms with E-state index in [1.54, 1.807) is 31.2 Å². The maximum absolute atomic E-state index is 13.0. The topological polar surface area (TPSA) is 58.6 Å². The first-order valence-electron chi connectivity index (χ1n) is 9.60. The first-order valence-corrected chi connectivity index (χ1v) is 9.98. The van der Waals surface area contributed by atoms with E-state index < -0.39 is 6.04 Å². The van der Waals surface area contributed by atoms with Crippen molar-refractivity contribution in [1.29, 1.82) is 0 Å². The molecule has 29 heavy (non-hydrogen) atoms. The average Bonchev–Trinajstić information content (AvgIpc) is 2.64. The maximum Gasteiger partial charge on any atom is 0.261 e. The van der Waals surface area contributed by atoms with Gasteiger partial charge in [-0.2, -0.15) is 0 Å². The highest BCUT2D eigenvalue weighted by Gasteiger charge is 2.28. The van der Waals surface area contributed by atoms with E-state index in [1.807, 2.05) is 52.0 Å². The van der Waals surface area contributed by atoms with Crippen LogP contribution < -0.4 is 10.1 Å². The van der Waals surface area contributed by atoms with E-state index in [2.05, 4.69) is 5.32 Å². The Morgan fingerprint density at radius 1 is 1.14 bits per heavy atom. The second kappa shape index (κ2) is 9.79. The van der Waals surface area contributed by atoms with Crippen LogP contribution in [0.5, 0.6) is 5.75 Å². The molecule has 6 heteroatoms. The summed E-state index contributed by atoms with van der Waals surface area (Å²) in [7, 11) is 0. The standard InChI is InChI=1S/C23H29ClN2O3/c1-16-9-11-18(12-10-16)14-26(17(2)22(28)25-23(3,4)5)21(27)15-29-20-8-6-7-19(24)13-20/h6-13,17H,14-15H2,1-5H3,(H,25,28). The molecule has 0 fully saturated rings. The van der Waals surface area contributed by atoms with E-state index in [0.29, 0.717) is 17.3 Å². The lowest BCUT2D eigenvalue weighted by Crippen LogP contribution is -2.53. The smallest absolute Gasteiger partial charge is 0.261 e. The predicted molar refractivity (Wildman–Crippen MR) is 116 cm³/mol. The van der Waals surface area contributed by atoms with Gasteiger partial charge in [-0.1, -0.05) is 47.5 Å². The quantitative estimate of drug-likeness (QED) is 0.729. The van der Waals surface area contributed by atoms with E-state index >= 15 is 0 Å². The van der Waals surface area contributed by atoms with Gasteiger partial charge < -0.3 is 15.0 Å². The molecule has 1 unspecified atom stereocenters. The van der Waals surface area contributed by atoms with E-state index in [0.717, 1.165) is 11.1 Å². The molecule has 0 saturated heterocycles. The molecule has 0 aromatic heterocycles. The predicted octanol–water partition coefficient (Wildman–Crippen LogP) is 4.36. The number of hydrogen-bond acceptors (Lipinski definition) is 3. The largest absolute Gasteiger partial charge is 0.484 e. The number of hydrogen-bond donors (Lipinski definition) is 1. The molecule has 2 rings (SSSR count). The molecule has 0 aliphatic heterocycles. The second-order valence-electron chi connectivity index (χ2n) is 8.17. The third kappa shape index (κ3) is 7.42. The molecule has 156 valence electrons. The summed E-state index contributed by atoms with van der Waals surface area (Å²) < 4.78 is 5.61. The highest BCUT2D eigenvalue weighted by Crippen LogP contribution is 2.18. The Labute approximate surface area is 178 Å². The van der Waals surface area contributed by atoms with Gasteiger partial charge in [0, 0.05) is 17.1 Å². The first-order chi connectivity index (χ1) is 13.5. The van der Waals surface area contributed by atoms with Crippen LogP contribution in [0.25, 0.3) is 0 Å². The van der Waals surface area contributed by atoms with Crippen LogP contribution in [0.4, 0.5) is 0 Å². The summed E-state index contributed by atoms with van der Waals surface area (Å²) in [5, 5.41) is 3.47.